The minimum atomic E-state index is -3.99. The Hall–Kier alpha value is -3.11. The number of halogens is 1. The lowest BCUT2D eigenvalue weighted by atomic mass is 10.2. The molecule has 3 rings (SSSR count). The zero-order valence-corrected chi connectivity index (χ0v) is 13.1. The normalized spacial score (nSPS) is 11.6. The highest BCUT2D eigenvalue weighted by atomic mass is 32.2. The Labute approximate surface area is 139 Å². The van der Waals surface area contributed by atoms with Crippen LogP contribution in [0.4, 0.5) is 10.1 Å². The quantitative estimate of drug-likeness (QED) is 0.761. The molecule has 0 amide bonds. The van der Waals surface area contributed by atoms with Gasteiger partial charge in [0.1, 0.15) is 10.7 Å². The van der Waals surface area contributed by atoms with E-state index in [0.29, 0.717) is 11.7 Å². The summed E-state index contributed by atoms with van der Waals surface area (Å²) >= 11 is 0. The number of hydrogen-bond acceptors (Lipinski definition) is 3. The molecule has 0 aliphatic rings. The minimum Gasteiger partial charge on any atom is -0.360 e. The third-order valence-electron chi connectivity index (χ3n) is 3.34. The van der Waals surface area contributed by atoms with E-state index >= 15 is 0 Å². The van der Waals surface area contributed by atoms with Gasteiger partial charge in [0, 0.05) is 11.9 Å². The van der Waals surface area contributed by atoms with E-state index in [4.69, 9.17) is 6.63 Å². The van der Waals surface area contributed by atoms with Gasteiger partial charge in [0.05, 0.1) is 18.7 Å². The van der Waals surface area contributed by atoms with Crippen molar-refractivity contribution in [3.63, 3.8) is 0 Å². The highest BCUT2D eigenvalue weighted by Gasteiger charge is 2.18. The van der Waals surface area contributed by atoms with Crippen LogP contribution in [0, 0.1) is 17.1 Å². The number of hydrogen-bond donors (Lipinski definition) is 2. The van der Waals surface area contributed by atoms with Crippen molar-refractivity contribution in [1.29, 1.82) is 5.26 Å². The molecule has 0 spiro atoms. The molecule has 1 heterocycles. The number of anilines is 1. The molecule has 0 saturated heterocycles. The van der Waals surface area contributed by atoms with E-state index in [0.717, 1.165) is 11.6 Å². The van der Waals surface area contributed by atoms with Gasteiger partial charge in [-0.15, -0.1) is 0 Å². The monoisotopic (exact) mass is 342 g/mol. The highest BCUT2D eigenvalue weighted by Crippen LogP contribution is 2.24. The van der Waals surface area contributed by atoms with Crippen LogP contribution >= 0.6 is 0 Å². The molecule has 3 aromatic rings. The molecule has 24 heavy (non-hydrogen) atoms. The molecule has 0 bridgehead atoms. The van der Waals surface area contributed by atoms with Gasteiger partial charge in [-0.1, -0.05) is 30.3 Å². The van der Waals surface area contributed by atoms with Gasteiger partial charge in [-0.05, 0) is 29.8 Å². The lowest BCUT2D eigenvalue weighted by Gasteiger charge is -2.07. The fourth-order valence-electron chi connectivity index (χ4n) is 2.13. The summed E-state index contributed by atoms with van der Waals surface area (Å²) in [6.45, 7) is 0. The number of aromatic amines is 1. The van der Waals surface area contributed by atoms with E-state index in [1.165, 1.54) is 24.4 Å². The topological polar surface area (TPSA) is 85.8 Å². The Morgan fingerprint density at radius 2 is 1.96 bits per heavy atom. The molecule has 0 atom stereocenters. The molecule has 0 aliphatic carbocycles. The molecule has 2 N–H and O–H groups in total. The number of nitrogens with zero attached hydrogens (tertiary/aromatic N) is 1. The van der Waals surface area contributed by atoms with Gasteiger partial charge < -0.3 is 4.98 Å². The van der Waals surface area contributed by atoms with Crippen molar-refractivity contribution in [2.45, 2.75) is 4.90 Å². The first-order valence-corrected chi connectivity index (χ1v) is 8.35. The van der Waals surface area contributed by atoms with E-state index in [1.54, 1.807) is 30.3 Å². The Kier molecular flexibility index (Phi) is 3.73. The molecule has 0 aliphatic heterocycles. The molecular weight excluding hydrogens is 329 g/mol. The van der Waals surface area contributed by atoms with E-state index in [9.17, 15) is 12.8 Å². The fourth-order valence-corrected chi connectivity index (χ4v) is 3.19. The summed E-state index contributed by atoms with van der Waals surface area (Å²) in [5.74, 6) is -0.829. The molecule has 5 nitrogen and oxygen atoms in total. The van der Waals surface area contributed by atoms with Crippen molar-refractivity contribution in [1.82, 2.24) is 4.98 Å². The third-order valence-corrected chi connectivity index (χ3v) is 4.68. The number of H-pyrrole nitrogens is 1. The summed E-state index contributed by atoms with van der Waals surface area (Å²) in [6.07, 6.45) is 1.30. The Morgan fingerprint density at radius 1 is 1.21 bits per heavy atom. The summed E-state index contributed by atoms with van der Waals surface area (Å²) in [5.41, 5.74) is 1.14. The van der Waals surface area contributed by atoms with Gasteiger partial charge in [-0.3, -0.25) is 4.72 Å². The average molecular weight is 342 g/mol. The summed E-state index contributed by atoms with van der Waals surface area (Å²) in [7, 11) is -3.99. The number of benzene rings is 2. The lowest BCUT2D eigenvalue weighted by Crippen LogP contribution is -2.13. The smallest absolute Gasteiger partial charge is 0.263 e. The number of nitrogens with one attached hydrogen (secondary N) is 2. The summed E-state index contributed by atoms with van der Waals surface area (Å²) in [5, 5.41) is 8.72. The Bertz CT molecular complexity index is 1070. The maximum atomic E-state index is 13.9. The molecule has 0 fully saturated rings. The van der Waals surface area contributed by atoms with E-state index in [1.807, 2.05) is 0 Å². The first-order valence-electron chi connectivity index (χ1n) is 7.37. The van der Waals surface area contributed by atoms with Crippen LogP contribution in [0.5, 0.6) is 0 Å². The zero-order valence-electron chi connectivity index (χ0n) is 13.2. The number of nitriles is 1. The largest absolute Gasteiger partial charge is 0.360 e. The van der Waals surface area contributed by atoms with E-state index < -0.39 is 15.8 Å². The molecule has 120 valence electrons. The predicted molar refractivity (Wildman–Crippen MR) is 88.2 cm³/mol. The summed E-state index contributed by atoms with van der Waals surface area (Å²) in [6, 6.07) is 13.6. The molecule has 2 aromatic carbocycles. The number of sulfonamides is 1. The van der Waals surface area contributed by atoms with E-state index in [-0.39, 0.29) is 16.1 Å². The van der Waals surface area contributed by atoms with Crippen LogP contribution in [0.1, 0.15) is 6.93 Å². The SMILES string of the molecule is [2H]c1ccc(-c2cc(S(=O)(=O)Nc3ccc(C#N)cc3F)c[nH]2)cc1. The predicted octanol–water partition coefficient (Wildman–Crippen LogP) is 3.49. The highest BCUT2D eigenvalue weighted by molar-refractivity contribution is 7.92. The van der Waals surface area contributed by atoms with Crippen molar-refractivity contribution in [3.05, 3.63) is 72.2 Å². The van der Waals surface area contributed by atoms with Crippen LogP contribution in [0.15, 0.2) is 65.7 Å². The van der Waals surface area contributed by atoms with Gasteiger partial charge in [-0.2, -0.15) is 5.26 Å². The summed E-state index contributed by atoms with van der Waals surface area (Å²) in [4.78, 5) is 2.79. The second-order valence-electron chi connectivity index (χ2n) is 4.95. The van der Waals surface area contributed by atoms with Gasteiger partial charge >= 0.3 is 0 Å². The van der Waals surface area contributed by atoms with Crippen molar-refractivity contribution in [2.24, 2.45) is 0 Å². The Morgan fingerprint density at radius 3 is 2.62 bits per heavy atom. The zero-order chi connectivity index (χ0) is 18.0. The molecule has 1 aromatic heterocycles. The number of aromatic nitrogens is 1. The van der Waals surface area contributed by atoms with Crippen LogP contribution < -0.4 is 4.72 Å². The van der Waals surface area contributed by atoms with Crippen molar-refractivity contribution < 1.29 is 14.2 Å². The maximum absolute atomic E-state index is 13.9. The third kappa shape index (κ3) is 3.14. The minimum absolute atomic E-state index is 0.0544. The second kappa shape index (κ2) is 6.18. The first kappa shape index (κ1) is 14.5. The van der Waals surface area contributed by atoms with Gasteiger partial charge in [-0.25, -0.2) is 12.8 Å². The molecule has 0 radical (unpaired) electrons. The van der Waals surface area contributed by atoms with Gasteiger partial charge in [0.15, 0.2) is 0 Å². The Balaban J connectivity index is 1.88. The second-order valence-corrected chi connectivity index (χ2v) is 6.63. The fraction of sp³-hybridized carbons (Fsp3) is 0. The van der Waals surface area contributed by atoms with Gasteiger partial charge in [0.25, 0.3) is 10.0 Å². The molecular formula is C17H12FN3O2S. The standard InChI is InChI=1S/C17H12FN3O2S/c18-15-8-12(10-19)6-7-16(15)21-24(22,23)14-9-17(20-11-14)13-4-2-1-3-5-13/h1-9,11,20-21H/i1D. The van der Waals surface area contributed by atoms with Crippen LogP contribution in [-0.2, 0) is 10.0 Å². The van der Waals surface area contributed by atoms with Crippen LogP contribution in [-0.4, -0.2) is 13.4 Å². The van der Waals surface area contributed by atoms with Gasteiger partial charge in [0.2, 0.25) is 0 Å². The van der Waals surface area contributed by atoms with Crippen molar-refractivity contribution in [3.8, 4) is 17.3 Å². The van der Waals surface area contributed by atoms with Crippen LogP contribution in [0.25, 0.3) is 11.3 Å². The van der Waals surface area contributed by atoms with E-state index in [2.05, 4.69) is 9.71 Å². The average Bonchev–Trinajstić information content (AvgIpc) is 3.08. The van der Waals surface area contributed by atoms with Crippen LogP contribution in [0.2, 0.25) is 0 Å². The molecule has 0 unspecified atom stereocenters. The lowest BCUT2D eigenvalue weighted by molar-refractivity contribution is 0.598. The first-order chi connectivity index (χ1) is 11.9. The van der Waals surface area contributed by atoms with Crippen molar-refractivity contribution in [2.75, 3.05) is 4.72 Å². The maximum Gasteiger partial charge on any atom is 0.263 e. The van der Waals surface area contributed by atoms with Crippen LogP contribution in [0.3, 0.4) is 0 Å². The molecule has 7 heteroatoms. The number of rotatable bonds is 4. The van der Waals surface area contributed by atoms with Crippen molar-refractivity contribution >= 4 is 15.7 Å². The summed E-state index contributed by atoms with van der Waals surface area (Å²) < 4.78 is 48.3. The molecule has 0 saturated carbocycles.